The summed E-state index contributed by atoms with van der Waals surface area (Å²) >= 11 is 3.03. The summed E-state index contributed by atoms with van der Waals surface area (Å²) in [5, 5.41) is 14.1. The monoisotopic (exact) mass is 550 g/mol. The number of allylic oxidation sites excluding steroid dienone is 1. The lowest BCUT2D eigenvalue weighted by Crippen LogP contribution is -2.49. The highest BCUT2D eigenvalue weighted by molar-refractivity contribution is 8.09. The number of hydrogen-bond acceptors (Lipinski definition) is 6. The number of rotatable bonds is 7. The minimum Gasteiger partial charge on any atom is -0.492 e. The molecule has 2 heterocycles. The van der Waals surface area contributed by atoms with E-state index in [1.807, 2.05) is 17.5 Å². The van der Waals surface area contributed by atoms with Gasteiger partial charge >= 0.3 is 12.1 Å². The molecule has 1 aromatic carbocycles. The highest BCUT2D eigenvalue weighted by atomic mass is 32.2. The van der Waals surface area contributed by atoms with Crippen LogP contribution in [-0.2, 0) is 27.1 Å². The third kappa shape index (κ3) is 6.10. The van der Waals surface area contributed by atoms with Gasteiger partial charge in [0, 0.05) is 15.5 Å². The lowest BCUT2D eigenvalue weighted by molar-refractivity contribution is -0.144. The fourth-order valence-electron chi connectivity index (χ4n) is 4.00. The van der Waals surface area contributed by atoms with E-state index in [2.05, 4.69) is 10.3 Å². The van der Waals surface area contributed by atoms with Gasteiger partial charge in [-0.2, -0.15) is 13.2 Å². The van der Waals surface area contributed by atoms with Crippen molar-refractivity contribution in [3.63, 3.8) is 0 Å². The predicted molar refractivity (Wildman–Crippen MR) is 136 cm³/mol. The number of ether oxygens (including phenoxy) is 1. The number of carbonyl (C=O) groups is 2. The molecule has 4 rings (SSSR count). The summed E-state index contributed by atoms with van der Waals surface area (Å²) in [6.45, 7) is 5.08. The van der Waals surface area contributed by atoms with Crippen molar-refractivity contribution in [2.45, 2.75) is 44.8 Å². The van der Waals surface area contributed by atoms with Crippen LogP contribution >= 0.6 is 23.1 Å². The highest BCUT2D eigenvalue weighted by Gasteiger charge is 2.39. The SMILES string of the molecule is CC(C)(C)C(NC(=O)C1=C(OCc2ccc(C(F)(F)F)cc2)C2C=C(c3cscn3)SC2C=C1)C(=O)O. The van der Waals surface area contributed by atoms with Crippen molar-refractivity contribution in [3.8, 4) is 0 Å². The van der Waals surface area contributed by atoms with Crippen molar-refractivity contribution in [1.82, 2.24) is 10.3 Å². The molecule has 6 nitrogen and oxygen atoms in total. The molecule has 2 N–H and O–H groups in total. The first-order chi connectivity index (χ1) is 17.3. The van der Waals surface area contributed by atoms with Gasteiger partial charge in [-0.1, -0.05) is 45.1 Å². The lowest BCUT2D eigenvalue weighted by atomic mass is 9.86. The molecule has 0 saturated heterocycles. The summed E-state index contributed by atoms with van der Waals surface area (Å²) in [4.78, 5) is 30.4. The average molecular weight is 551 g/mol. The number of thiazole rings is 1. The quantitative estimate of drug-likeness (QED) is 0.447. The maximum atomic E-state index is 13.3. The molecule has 1 amide bonds. The van der Waals surface area contributed by atoms with Crippen LogP contribution in [0.2, 0.25) is 0 Å². The zero-order chi connectivity index (χ0) is 27.0. The van der Waals surface area contributed by atoms with Gasteiger partial charge in [-0.05, 0) is 29.2 Å². The first-order valence-electron chi connectivity index (χ1n) is 11.4. The molecular formula is C26H25F3N2O4S2. The van der Waals surface area contributed by atoms with Gasteiger partial charge in [0.15, 0.2) is 0 Å². The molecule has 0 fully saturated rings. The number of fused-ring (bicyclic) bond motifs is 1. The second-order valence-corrected chi connectivity index (χ2v) is 11.7. The number of thioether (sulfide) groups is 1. The Morgan fingerprint density at radius 2 is 1.89 bits per heavy atom. The number of carbonyl (C=O) groups excluding carboxylic acids is 1. The Morgan fingerprint density at radius 3 is 2.46 bits per heavy atom. The van der Waals surface area contributed by atoms with E-state index in [1.54, 1.807) is 44.1 Å². The number of nitrogens with one attached hydrogen (secondary N) is 1. The number of hydrogen-bond donors (Lipinski definition) is 2. The van der Waals surface area contributed by atoms with Gasteiger partial charge in [-0.3, -0.25) is 4.79 Å². The Hall–Kier alpha value is -3.05. The Morgan fingerprint density at radius 1 is 1.19 bits per heavy atom. The normalized spacial score (nSPS) is 20.3. The van der Waals surface area contributed by atoms with Crippen molar-refractivity contribution in [3.05, 3.63) is 81.5 Å². The number of nitrogens with zero attached hydrogens (tertiary/aromatic N) is 1. The van der Waals surface area contributed by atoms with E-state index < -0.39 is 35.1 Å². The van der Waals surface area contributed by atoms with Gasteiger partial charge in [-0.15, -0.1) is 23.1 Å². The molecule has 2 aliphatic rings. The van der Waals surface area contributed by atoms with Crippen molar-refractivity contribution in [1.29, 1.82) is 0 Å². The summed E-state index contributed by atoms with van der Waals surface area (Å²) < 4.78 is 44.9. The minimum atomic E-state index is -4.44. The van der Waals surface area contributed by atoms with Crippen LogP contribution in [0.3, 0.4) is 0 Å². The molecule has 1 aromatic heterocycles. The molecule has 196 valence electrons. The van der Waals surface area contributed by atoms with E-state index in [1.165, 1.54) is 23.5 Å². The molecule has 0 bridgehead atoms. The van der Waals surface area contributed by atoms with Gasteiger partial charge in [0.05, 0.1) is 28.3 Å². The second-order valence-electron chi connectivity index (χ2n) is 9.74. The van der Waals surface area contributed by atoms with Gasteiger partial charge in [0.2, 0.25) is 0 Å². The molecule has 0 spiro atoms. The average Bonchev–Trinajstić information content (AvgIpc) is 3.49. The number of carboxylic acids is 1. The number of alkyl halides is 3. The van der Waals surface area contributed by atoms with Crippen molar-refractivity contribution < 1.29 is 32.6 Å². The molecule has 2 aromatic rings. The largest absolute Gasteiger partial charge is 0.492 e. The Bertz CT molecular complexity index is 1260. The molecule has 37 heavy (non-hydrogen) atoms. The number of aromatic nitrogens is 1. The van der Waals surface area contributed by atoms with Gasteiger partial charge < -0.3 is 15.2 Å². The topological polar surface area (TPSA) is 88.5 Å². The van der Waals surface area contributed by atoms with Crippen LogP contribution in [0.1, 0.15) is 37.6 Å². The molecule has 3 atom stereocenters. The van der Waals surface area contributed by atoms with Crippen LogP contribution in [0.15, 0.2) is 64.7 Å². The van der Waals surface area contributed by atoms with Crippen LogP contribution in [0, 0.1) is 11.3 Å². The third-order valence-electron chi connectivity index (χ3n) is 5.96. The molecule has 0 saturated carbocycles. The molecule has 1 aliphatic heterocycles. The Labute approximate surface area is 220 Å². The Kier molecular flexibility index (Phi) is 7.57. The van der Waals surface area contributed by atoms with E-state index in [0.717, 1.165) is 22.7 Å². The minimum absolute atomic E-state index is 0.0620. The van der Waals surface area contributed by atoms with Crippen LogP contribution in [0.25, 0.3) is 4.91 Å². The Balaban J connectivity index is 1.65. The molecule has 0 radical (unpaired) electrons. The summed E-state index contributed by atoms with van der Waals surface area (Å²) in [7, 11) is 0. The zero-order valence-corrected chi connectivity index (χ0v) is 21.8. The van der Waals surface area contributed by atoms with Gasteiger partial charge in [0.1, 0.15) is 18.4 Å². The van der Waals surface area contributed by atoms with E-state index in [-0.39, 0.29) is 23.3 Å². The van der Waals surface area contributed by atoms with Crippen molar-refractivity contribution in [2.75, 3.05) is 0 Å². The summed E-state index contributed by atoms with van der Waals surface area (Å²) in [5.41, 5.74) is 1.71. The highest BCUT2D eigenvalue weighted by Crippen LogP contribution is 2.48. The van der Waals surface area contributed by atoms with Gasteiger partial charge in [0.25, 0.3) is 5.91 Å². The maximum absolute atomic E-state index is 13.3. The van der Waals surface area contributed by atoms with E-state index in [0.29, 0.717) is 11.3 Å². The number of halogens is 3. The van der Waals surface area contributed by atoms with Crippen LogP contribution in [0.4, 0.5) is 13.2 Å². The number of benzene rings is 1. The van der Waals surface area contributed by atoms with Crippen LogP contribution in [0.5, 0.6) is 0 Å². The third-order valence-corrected chi connectivity index (χ3v) is 7.87. The first kappa shape index (κ1) is 27.0. The summed E-state index contributed by atoms with van der Waals surface area (Å²) in [5.74, 6) is -1.76. The predicted octanol–water partition coefficient (Wildman–Crippen LogP) is 5.89. The maximum Gasteiger partial charge on any atom is 0.416 e. The fraction of sp³-hybridized carbons (Fsp3) is 0.346. The molecule has 11 heteroatoms. The van der Waals surface area contributed by atoms with E-state index in [9.17, 15) is 27.9 Å². The summed E-state index contributed by atoms with van der Waals surface area (Å²) in [6, 6.07) is 3.49. The zero-order valence-electron chi connectivity index (χ0n) is 20.2. The number of aliphatic carboxylic acids is 1. The van der Waals surface area contributed by atoms with Crippen molar-refractivity contribution >= 4 is 39.9 Å². The smallest absolute Gasteiger partial charge is 0.416 e. The summed E-state index contributed by atoms with van der Waals surface area (Å²) in [6.07, 6.45) is 1.00. The van der Waals surface area contributed by atoms with E-state index >= 15 is 0 Å². The van der Waals surface area contributed by atoms with Crippen molar-refractivity contribution in [2.24, 2.45) is 11.3 Å². The van der Waals surface area contributed by atoms with Gasteiger partial charge in [-0.25, -0.2) is 9.78 Å². The molecule has 3 unspecified atom stereocenters. The standard InChI is InChI=1S/C26H25F3N2O4S2/c1-25(2,3)22(24(33)34)31-23(32)16-8-9-19-17(10-20(37-19)18-12-36-13-30-18)21(16)35-11-14-4-6-15(7-5-14)26(27,28)29/h4-10,12-13,17,19,22H,11H2,1-3H3,(H,31,32)(H,33,34). The van der Waals surface area contributed by atoms with Crippen LogP contribution < -0.4 is 5.32 Å². The van der Waals surface area contributed by atoms with Crippen LogP contribution in [-0.4, -0.2) is 33.3 Å². The van der Waals surface area contributed by atoms with E-state index in [4.69, 9.17) is 4.74 Å². The molecule has 1 aliphatic carbocycles. The number of amides is 1. The molecular weight excluding hydrogens is 525 g/mol. The lowest BCUT2D eigenvalue weighted by Gasteiger charge is -2.30. The first-order valence-corrected chi connectivity index (χ1v) is 13.2. The fourth-order valence-corrected chi connectivity index (χ4v) is 5.89. The second kappa shape index (κ2) is 10.4. The number of carboxylic acid groups (broad SMARTS) is 1.